The molecule has 19 heavy (non-hydrogen) atoms. The first-order chi connectivity index (χ1) is 9.15. The van der Waals surface area contributed by atoms with Crippen LogP contribution < -0.4 is 10.1 Å². The van der Waals surface area contributed by atoms with Gasteiger partial charge in [0.15, 0.2) is 6.10 Å². The molecule has 0 aliphatic carbocycles. The van der Waals surface area contributed by atoms with E-state index >= 15 is 0 Å². The highest BCUT2D eigenvalue weighted by Gasteiger charge is 2.14. The maximum atomic E-state index is 11.8. The topological polar surface area (TPSA) is 79.9 Å². The van der Waals surface area contributed by atoms with E-state index in [9.17, 15) is 4.79 Å². The number of ether oxygens (including phenoxy) is 1. The molecule has 2 N–H and O–H groups in total. The molecule has 100 valence electrons. The summed E-state index contributed by atoms with van der Waals surface area (Å²) in [5.74, 6) is 0.949. The van der Waals surface area contributed by atoms with Crippen molar-refractivity contribution in [2.75, 3.05) is 0 Å². The second-order valence-corrected chi connectivity index (χ2v) is 4.30. The number of H-pyrrole nitrogens is 1. The number of nitrogens with one attached hydrogen (secondary N) is 2. The van der Waals surface area contributed by atoms with Crippen LogP contribution in [0, 0.1) is 0 Å². The Morgan fingerprint density at radius 2 is 2.21 bits per heavy atom. The lowest BCUT2D eigenvalue weighted by Gasteiger charge is -2.14. The van der Waals surface area contributed by atoms with Crippen molar-refractivity contribution in [3.63, 3.8) is 0 Å². The summed E-state index contributed by atoms with van der Waals surface area (Å²) in [5.41, 5.74) is 0. The molecule has 0 saturated carbocycles. The van der Waals surface area contributed by atoms with Gasteiger partial charge in [0.05, 0.1) is 6.54 Å². The highest BCUT2D eigenvalue weighted by molar-refractivity contribution is 6.30. The molecule has 1 aromatic heterocycles. The number of aromatic amines is 1. The molecule has 0 aliphatic heterocycles. The molecule has 2 rings (SSSR count). The zero-order valence-electron chi connectivity index (χ0n) is 10.3. The molecular weight excluding hydrogens is 268 g/mol. The summed E-state index contributed by atoms with van der Waals surface area (Å²) >= 11 is 5.77. The standard InChI is InChI=1S/C12H13ClN4O2/c1-8(19-10-4-2-9(13)3-5-10)12(18)14-6-11-15-7-16-17-11/h2-5,7-8H,6H2,1H3,(H,14,18)(H,15,16,17). The third-order valence-corrected chi connectivity index (χ3v) is 2.64. The Balaban J connectivity index is 1.83. The van der Waals surface area contributed by atoms with Gasteiger partial charge < -0.3 is 10.1 Å². The van der Waals surface area contributed by atoms with Crippen molar-refractivity contribution in [2.45, 2.75) is 19.6 Å². The molecule has 0 fully saturated rings. The Morgan fingerprint density at radius 3 is 2.84 bits per heavy atom. The molecule has 1 atom stereocenters. The van der Waals surface area contributed by atoms with Crippen LogP contribution in [0.1, 0.15) is 12.7 Å². The number of halogens is 1. The van der Waals surface area contributed by atoms with Crippen LogP contribution in [0.2, 0.25) is 5.02 Å². The second kappa shape index (κ2) is 6.19. The Kier molecular flexibility index (Phi) is 4.35. The van der Waals surface area contributed by atoms with E-state index < -0.39 is 6.10 Å². The van der Waals surface area contributed by atoms with E-state index in [1.165, 1.54) is 6.33 Å². The monoisotopic (exact) mass is 280 g/mol. The number of rotatable bonds is 5. The first-order valence-corrected chi connectivity index (χ1v) is 6.07. The van der Waals surface area contributed by atoms with Gasteiger partial charge in [-0.25, -0.2) is 4.98 Å². The number of carbonyl (C=O) groups is 1. The number of aromatic nitrogens is 3. The number of carbonyl (C=O) groups excluding carboxylic acids is 1. The maximum Gasteiger partial charge on any atom is 0.261 e. The summed E-state index contributed by atoms with van der Waals surface area (Å²) in [6.45, 7) is 1.96. The molecule has 0 saturated heterocycles. The Hall–Kier alpha value is -2.08. The van der Waals surface area contributed by atoms with Crippen molar-refractivity contribution in [1.82, 2.24) is 20.5 Å². The minimum Gasteiger partial charge on any atom is -0.481 e. The van der Waals surface area contributed by atoms with Crippen LogP contribution in [-0.2, 0) is 11.3 Å². The smallest absolute Gasteiger partial charge is 0.261 e. The molecule has 7 heteroatoms. The fourth-order valence-electron chi connectivity index (χ4n) is 1.40. The molecule has 1 amide bonds. The number of benzene rings is 1. The van der Waals surface area contributed by atoms with Gasteiger partial charge in [-0.05, 0) is 31.2 Å². The van der Waals surface area contributed by atoms with Gasteiger partial charge in [0.25, 0.3) is 5.91 Å². The van der Waals surface area contributed by atoms with E-state index in [2.05, 4.69) is 20.5 Å². The van der Waals surface area contributed by atoms with Crippen LogP contribution in [0.3, 0.4) is 0 Å². The first-order valence-electron chi connectivity index (χ1n) is 5.69. The van der Waals surface area contributed by atoms with Crippen LogP contribution in [0.25, 0.3) is 0 Å². The number of hydrogen-bond acceptors (Lipinski definition) is 4. The van der Waals surface area contributed by atoms with Crippen LogP contribution in [0.5, 0.6) is 5.75 Å². The van der Waals surface area contributed by atoms with Crippen molar-refractivity contribution in [2.24, 2.45) is 0 Å². The number of hydrogen-bond donors (Lipinski definition) is 2. The maximum absolute atomic E-state index is 11.8. The molecule has 2 aromatic rings. The van der Waals surface area contributed by atoms with E-state index in [-0.39, 0.29) is 12.5 Å². The van der Waals surface area contributed by atoms with E-state index in [1.54, 1.807) is 31.2 Å². The van der Waals surface area contributed by atoms with Gasteiger partial charge in [-0.2, -0.15) is 5.10 Å². The van der Waals surface area contributed by atoms with Crippen LogP contribution in [0.15, 0.2) is 30.6 Å². The summed E-state index contributed by atoms with van der Waals surface area (Å²) in [7, 11) is 0. The fraction of sp³-hybridized carbons (Fsp3) is 0.250. The first kappa shape index (κ1) is 13.4. The van der Waals surface area contributed by atoms with E-state index in [1.807, 2.05) is 0 Å². The summed E-state index contributed by atoms with van der Waals surface area (Å²) < 4.78 is 5.48. The normalized spacial score (nSPS) is 11.9. The molecule has 6 nitrogen and oxygen atoms in total. The number of amides is 1. The Morgan fingerprint density at radius 1 is 1.47 bits per heavy atom. The van der Waals surface area contributed by atoms with Crippen LogP contribution in [-0.4, -0.2) is 27.2 Å². The minimum atomic E-state index is -0.607. The van der Waals surface area contributed by atoms with Gasteiger partial charge in [0.1, 0.15) is 17.9 Å². The highest BCUT2D eigenvalue weighted by atomic mass is 35.5. The molecular formula is C12H13ClN4O2. The molecule has 0 radical (unpaired) electrons. The summed E-state index contributed by atoms with van der Waals surface area (Å²) in [6.07, 6.45) is 0.777. The predicted molar refractivity (Wildman–Crippen MR) is 69.8 cm³/mol. The SMILES string of the molecule is CC(Oc1ccc(Cl)cc1)C(=O)NCc1ncn[nH]1. The predicted octanol–water partition coefficient (Wildman–Crippen LogP) is 1.54. The second-order valence-electron chi connectivity index (χ2n) is 3.86. The average molecular weight is 281 g/mol. The summed E-state index contributed by atoms with van der Waals surface area (Å²) in [4.78, 5) is 15.7. The van der Waals surface area contributed by atoms with Gasteiger partial charge in [-0.3, -0.25) is 9.89 Å². The highest BCUT2D eigenvalue weighted by Crippen LogP contribution is 2.16. The Bertz CT molecular complexity index is 527. The van der Waals surface area contributed by atoms with Gasteiger partial charge in [-0.1, -0.05) is 11.6 Å². The van der Waals surface area contributed by atoms with Crippen molar-refractivity contribution >= 4 is 17.5 Å². The molecule has 1 aromatic carbocycles. The lowest BCUT2D eigenvalue weighted by molar-refractivity contribution is -0.127. The fourth-order valence-corrected chi connectivity index (χ4v) is 1.53. The minimum absolute atomic E-state index is 0.230. The van der Waals surface area contributed by atoms with Crippen molar-refractivity contribution < 1.29 is 9.53 Å². The zero-order chi connectivity index (χ0) is 13.7. The molecule has 0 spiro atoms. The third-order valence-electron chi connectivity index (χ3n) is 2.39. The summed E-state index contributed by atoms with van der Waals surface area (Å²) in [5, 5.41) is 9.66. The van der Waals surface area contributed by atoms with Crippen molar-refractivity contribution in [1.29, 1.82) is 0 Å². The molecule has 1 unspecified atom stereocenters. The van der Waals surface area contributed by atoms with Gasteiger partial charge in [0.2, 0.25) is 0 Å². The quantitative estimate of drug-likeness (QED) is 0.871. The van der Waals surface area contributed by atoms with E-state index in [4.69, 9.17) is 16.3 Å². The van der Waals surface area contributed by atoms with Gasteiger partial charge >= 0.3 is 0 Å². The third kappa shape index (κ3) is 3.96. The van der Waals surface area contributed by atoms with E-state index in [0.29, 0.717) is 16.6 Å². The van der Waals surface area contributed by atoms with Crippen LogP contribution in [0.4, 0.5) is 0 Å². The van der Waals surface area contributed by atoms with E-state index in [0.717, 1.165) is 0 Å². The summed E-state index contributed by atoms with van der Waals surface area (Å²) in [6, 6.07) is 6.83. The molecule has 0 bridgehead atoms. The zero-order valence-corrected chi connectivity index (χ0v) is 11.0. The lowest BCUT2D eigenvalue weighted by atomic mass is 10.3. The molecule has 1 heterocycles. The van der Waals surface area contributed by atoms with Crippen molar-refractivity contribution in [3.8, 4) is 5.75 Å². The molecule has 0 aliphatic rings. The number of nitrogens with zero attached hydrogens (tertiary/aromatic N) is 2. The van der Waals surface area contributed by atoms with Gasteiger partial charge in [-0.15, -0.1) is 0 Å². The van der Waals surface area contributed by atoms with Crippen molar-refractivity contribution in [3.05, 3.63) is 41.4 Å². The van der Waals surface area contributed by atoms with Crippen LogP contribution >= 0.6 is 11.6 Å². The van der Waals surface area contributed by atoms with Gasteiger partial charge in [0, 0.05) is 5.02 Å². The largest absolute Gasteiger partial charge is 0.481 e. The lowest BCUT2D eigenvalue weighted by Crippen LogP contribution is -2.36. The average Bonchev–Trinajstić information content (AvgIpc) is 2.91. The Labute approximate surface area is 115 Å².